The van der Waals surface area contributed by atoms with E-state index in [2.05, 4.69) is 21.2 Å². The molecule has 20 heavy (non-hydrogen) atoms. The van der Waals surface area contributed by atoms with E-state index in [-0.39, 0.29) is 24.1 Å². The van der Waals surface area contributed by atoms with Crippen LogP contribution in [0.5, 0.6) is 0 Å². The molecule has 106 valence electrons. The van der Waals surface area contributed by atoms with Crippen LogP contribution in [0.3, 0.4) is 0 Å². The third-order valence-corrected chi connectivity index (χ3v) is 3.48. The molecule has 0 aliphatic heterocycles. The predicted octanol–water partition coefficient (Wildman–Crippen LogP) is 0.756. The molecule has 1 aromatic rings. The molecule has 1 aliphatic rings. The van der Waals surface area contributed by atoms with E-state index in [1.165, 1.54) is 16.8 Å². The lowest BCUT2D eigenvalue weighted by atomic mass is 10.1. The molecule has 1 aliphatic carbocycles. The van der Waals surface area contributed by atoms with Gasteiger partial charge in [-0.1, -0.05) is 12.2 Å². The van der Waals surface area contributed by atoms with Gasteiger partial charge in [-0.2, -0.15) is 0 Å². The van der Waals surface area contributed by atoms with Crippen LogP contribution in [0.4, 0.5) is 0 Å². The Morgan fingerprint density at radius 2 is 2.15 bits per heavy atom. The molecule has 1 aromatic heterocycles. The van der Waals surface area contributed by atoms with Crippen molar-refractivity contribution < 1.29 is 14.7 Å². The molecule has 0 aromatic carbocycles. The van der Waals surface area contributed by atoms with Crippen molar-refractivity contribution in [3.05, 3.63) is 45.3 Å². The number of hydrogen-bond acceptors (Lipinski definition) is 3. The molecule has 0 radical (unpaired) electrons. The molecular weight excluding hydrogens is 328 g/mol. The zero-order chi connectivity index (χ0) is 14.7. The lowest BCUT2D eigenvalue weighted by Crippen LogP contribution is -2.37. The zero-order valence-electron chi connectivity index (χ0n) is 10.5. The average Bonchev–Trinajstić information content (AvgIpc) is 2.82. The zero-order valence-corrected chi connectivity index (χ0v) is 12.0. The number of amides is 1. The summed E-state index contributed by atoms with van der Waals surface area (Å²) in [5.74, 6) is -1.79. The van der Waals surface area contributed by atoms with E-state index in [1.54, 1.807) is 18.2 Å². The van der Waals surface area contributed by atoms with Crippen LogP contribution in [0.15, 0.2) is 39.7 Å². The Morgan fingerprint density at radius 3 is 2.80 bits per heavy atom. The van der Waals surface area contributed by atoms with Gasteiger partial charge in [-0.3, -0.25) is 14.4 Å². The van der Waals surface area contributed by atoms with Gasteiger partial charge in [0.1, 0.15) is 6.54 Å². The molecule has 2 N–H and O–H groups in total. The van der Waals surface area contributed by atoms with Crippen molar-refractivity contribution in [1.29, 1.82) is 0 Å². The van der Waals surface area contributed by atoms with Crippen molar-refractivity contribution in [3.8, 4) is 0 Å². The van der Waals surface area contributed by atoms with E-state index in [4.69, 9.17) is 5.11 Å². The molecule has 0 fully saturated rings. The van der Waals surface area contributed by atoms with Crippen molar-refractivity contribution in [3.63, 3.8) is 0 Å². The summed E-state index contributed by atoms with van der Waals surface area (Å²) in [5.41, 5.74) is -0.270. The largest absolute Gasteiger partial charge is 0.481 e. The first-order chi connectivity index (χ1) is 9.45. The SMILES string of the molecule is O=C(Cn1cc(Br)ccc1=O)NC1C=CC(C(=O)O)C1. The van der Waals surface area contributed by atoms with E-state index < -0.39 is 11.9 Å². The van der Waals surface area contributed by atoms with Gasteiger partial charge in [0.2, 0.25) is 5.91 Å². The van der Waals surface area contributed by atoms with Crippen LogP contribution in [-0.4, -0.2) is 27.6 Å². The van der Waals surface area contributed by atoms with E-state index in [9.17, 15) is 14.4 Å². The molecule has 2 unspecified atom stereocenters. The van der Waals surface area contributed by atoms with Gasteiger partial charge in [0.15, 0.2) is 0 Å². The molecule has 2 atom stereocenters. The Bertz CT molecular complexity index is 623. The van der Waals surface area contributed by atoms with Crippen LogP contribution in [0.2, 0.25) is 0 Å². The quantitative estimate of drug-likeness (QED) is 0.792. The summed E-state index contributed by atoms with van der Waals surface area (Å²) in [7, 11) is 0. The first kappa shape index (κ1) is 14.5. The molecule has 0 spiro atoms. The van der Waals surface area contributed by atoms with Crippen molar-refractivity contribution in [1.82, 2.24) is 9.88 Å². The van der Waals surface area contributed by atoms with Crippen LogP contribution in [-0.2, 0) is 16.1 Å². The van der Waals surface area contributed by atoms with Gasteiger partial charge in [0.25, 0.3) is 5.56 Å². The summed E-state index contributed by atoms with van der Waals surface area (Å²) in [6.45, 7) is -0.0969. The summed E-state index contributed by atoms with van der Waals surface area (Å²) in [6.07, 6.45) is 5.11. The second-order valence-electron chi connectivity index (χ2n) is 4.55. The number of nitrogens with zero attached hydrogens (tertiary/aromatic N) is 1. The Morgan fingerprint density at radius 1 is 1.40 bits per heavy atom. The number of carbonyl (C=O) groups is 2. The minimum absolute atomic E-state index is 0.0969. The molecule has 6 nitrogen and oxygen atoms in total. The van der Waals surface area contributed by atoms with Gasteiger partial charge >= 0.3 is 5.97 Å². The Hall–Kier alpha value is -1.89. The fraction of sp³-hybridized carbons (Fsp3) is 0.308. The van der Waals surface area contributed by atoms with Gasteiger partial charge < -0.3 is 15.0 Å². The average molecular weight is 341 g/mol. The maximum Gasteiger partial charge on any atom is 0.310 e. The van der Waals surface area contributed by atoms with Crippen LogP contribution < -0.4 is 10.9 Å². The topological polar surface area (TPSA) is 88.4 Å². The number of carbonyl (C=O) groups excluding carboxylic acids is 1. The summed E-state index contributed by atoms with van der Waals surface area (Å²) in [5, 5.41) is 11.5. The van der Waals surface area contributed by atoms with E-state index >= 15 is 0 Å². The van der Waals surface area contributed by atoms with Crippen LogP contribution in [0.25, 0.3) is 0 Å². The molecule has 0 saturated heterocycles. The molecular formula is C13H13BrN2O4. The second kappa shape index (κ2) is 6.04. The smallest absolute Gasteiger partial charge is 0.310 e. The Kier molecular flexibility index (Phi) is 4.39. The number of carboxylic acids is 1. The highest BCUT2D eigenvalue weighted by molar-refractivity contribution is 9.10. The summed E-state index contributed by atoms with van der Waals surface area (Å²) < 4.78 is 1.99. The number of carboxylic acid groups (broad SMARTS) is 1. The van der Waals surface area contributed by atoms with Crippen LogP contribution in [0, 0.1) is 5.92 Å². The summed E-state index contributed by atoms with van der Waals surface area (Å²) in [6, 6.07) is 2.67. The maximum absolute atomic E-state index is 11.8. The fourth-order valence-electron chi connectivity index (χ4n) is 2.02. The van der Waals surface area contributed by atoms with Gasteiger partial charge in [0, 0.05) is 22.8 Å². The molecule has 1 heterocycles. The molecule has 2 rings (SSSR count). The predicted molar refractivity (Wildman–Crippen MR) is 75.2 cm³/mol. The number of pyridine rings is 1. The number of halogens is 1. The number of aliphatic carboxylic acids is 1. The third kappa shape index (κ3) is 3.57. The van der Waals surface area contributed by atoms with Crippen LogP contribution in [0.1, 0.15) is 6.42 Å². The van der Waals surface area contributed by atoms with Crippen molar-refractivity contribution in [2.45, 2.75) is 19.0 Å². The van der Waals surface area contributed by atoms with E-state index in [0.29, 0.717) is 10.9 Å². The van der Waals surface area contributed by atoms with Gasteiger partial charge in [-0.15, -0.1) is 0 Å². The number of hydrogen-bond donors (Lipinski definition) is 2. The Balaban J connectivity index is 1.94. The van der Waals surface area contributed by atoms with E-state index in [0.717, 1.165) is 0 Å². The number of aromatic nitrogens is 1. The first-order valence-corrected chi connectivity index (χ1v) is 6.81. The van der Waals surface area contributed by atoms with Gasteiger partial charge in [-0.25, -0.2) is 0 Å². The lowest BCUT2D eigenvalue weighted by molar-refractivity contribution is -0.140. The highest BCUT2D eigenvalue weighted by Gasteiger charge is 2.25. The second-order valence-corrected chi connectivity index (χ2v) is 5.47. The Labute approximate surface area is 123 Å². The molecule has 7 heteroatoms. The fourth-order valence-corrected chi connectivity index (χ4v) is 2.40. The highest BCUT2D eigenvalue weighted by atomic mass is 79.9. The van der Waals surface area contributed by atoms with Crippen molar-refractivity contribution >= 4 is 27.8 Å². The van der Waals surface area contributed by atoms with Gasteiger partial charge in [0.05, 0.1) is 5.92 Å². The van der Waals surface area contributed by atoms with Crippen molar-refractivity contribution in [2.24, 2.45) is 5.92 Å². The first-order valence-electron chi connectivity index (χ1n) is 6.02. The highest BCUT2D eigenvalue weighted by Crippen LogP contribution is 2.17. The molecule has 1 amide bonds. The molecule has 0 bridgehead atoms. The minimum Gasteiger partial charge on any atom is -0.481 e. The number of rotatable bonds is 4. The molecule has 0 saturated carbocycles. The monoisotopic (exact) mass is 340 g/mol. The normalized spacial score (nSPS) is 20.9. The standard InChI is InChI=1S/C13H13BrN2O4/c14-9-2-4-12(18)16(6-9)7-11(17)15-10-3-1-8(5-10)13(19)20/h1-4,6,8,10H,5,7H2,(H,15,17)(H,19,20). The van der Waals surface area contributed by atoms with Crippen LogP contribution >= 0.6 is 15.9 Å². The minimum atomic E-state index is -0.902. The van der Waals surface area contributed by atoms with Gasteiger partial charge in [-0.05, 0) is 28.4 Å². The van der Waals surface area contributed by atoms with E-state index in [1.807, 2.05) is 0 Å². The summed E-state index contributed by atoms with van der Waals surface area (Å²) >= 11 is 3.23. The summed E-state index contributed by atoms with van der Waals surface area (Å²) in [4.78, 5) is 34.2. The number of nitrogens with one attached hydrogen (secondary N) is 1. The lowest BCUT2D eigenvalue weighted by Gasteiger charge is -2.13. The van der Waals surface area contributed by atoms with Crippen molar-refractivity contribution in [2.75, 3.05) is 0 Å². The third-order valence-electron chi connectivity index (χ3n) is 3.01. The maximum atomic E-state index is 11.8.